The molecule has 0 saturated heterocycles. The van der Waals surface area contributed by atoms with Gasteiger partial charge >= 0.3 is 6.03 Å². The maximum atomic E-state index is 13.3. The molecule has 0 radical (unpaired) electrons. The lowest BCUT2D eigenvalue weighted by atomic mass is 10.1. The maximum Gasteiger partial charge on any atom is 0.319 e. The van der Waals surface area contributed by atoms with E-state index in [0.717, 1.165) is 39.2 Å². The molecule has 0 aliphatic heterocycles. The summed E-state index contributed by atoms with van der Waals surface area (Å²) in [6.45, 7) is 4.91. The van der Waals surface area contributed by atoms with E-state index in [-0.39, 0.29) is 11.8 Å². The number of urea groups is 1. The number of hydrogen-bond donors (Lipinski definition) is 2. The lowest BCUT2D eigenvalue weighted by Crippen LogP contribution is -2.31. The minimum absolute atomic E-state index is 0.253. The zero-order chi connectivity index (χ0) is 21.1. The molecule has 0 aliphatic rings. The highest BCUT2D eigenvalue weighted by atomic mass is 19.1. The maximum absolute atomic E-state index is 13.3. The van der Waals surface area contributed by atoms with Gasteiger partial charge in [0.1, 0.15) is 11.6 Å². The molecule has 152 valence electrons. The van der Waals surface area contributed by atoms with Crippen molar-refractivity contribution >= 4 is 22.8 Å². The molecule has 0 fully saturated rings. The molecular formula is C24H23FN4O. The van der Waals surface area contributed by atoms with E-state index in [0.29, 0.717) is 13.1 Å². The number of carbonyl (C=O) groups is 1. The Labute approximate surface area is 174 Å². The number of carbonyl (C=O) groups excluding carboxylic acids is 1. The smallest absolute Gasteiger partial charge is 0.319 e. The van der Waals surface area contributed by atoms with Crippen LogP contribution >= 0.6 is 0 Å². The minimum Gasteiger partial charge on any atom is -0.336 e. The lowest BCUT2D eigenvalue weighted by molar-refractivity contribution is 0.251. The van der Waals surface area contributed by atoms with Crippen molar-refractivity contribution in [3.05, 3.63) is 83.7 Å². The zero-order valence-corrected chi connectivity index (χ0v) is 16.9. The number of aryl methyl sites for hydroxylation is 2. The zero-order valence-electron chi connectivity index (χ0n) is 16.9. The number of rotatable bonds is 5. The Kier molecular flexibility index (Phi) is 5.48. The summed E-state index contributed by atoms with van der Waals surface area (Å²) in [5, 5.41) is 5.81. The van der Waals surface area contributed by atoms with Crippen molar-refractivity contribution in [1.82, 2.24) is 14.9 Å². The van der Waals surface area contributed by atoms with E-state index < -0.39 is 0 Å². The van der Waals surface area contributed by atoms with Gasteiger partial charge in [0.2, 0.25) is 0 Å². The summed E-state index contributed by atoms with van der Waals surface area (Å²) in [5.74, 6) is 0.458. The molecule has 6 heteroatoms. The third-order valence-electron chi connectivity index (χ3n) is 5.02. The molecule has 2 N–H and O–H groups in total. The number of halogens is 1. The fraction of sp³-hybridized carbons (Fsp3) is 0.167. The summed E-state index contributed by atoms with van der Waals surface area (Å²) in [4.78, 5) is 17.1. The Morgan fingerprint density at radius 3 is 2.60 bits per heavy atom. The van der Waals surface area contributed by atoms with Crippen molar-refractivity contribution in [2.45, 2.75) is 20.4 Å². The molecule has 1 heterocycles. The highest BCUT2D eigenvalue weighted by Crippen LogP contribution is 2.25. The van der Waals surface area contributed by atoms with Gasteiger partial charge in [-0.2, -0.15) is 0 Å². The molecule has 0 bridgehead atoms. The number of imidazole rings is 1. The number of aromatic nitrogens is 2. The Morgan fingerprint density at radius 2 is 1.80 bits per heavy atom. The lowest BCUT2D eigenvalue weighted by Gasteiger charge is -2.13. The van der Waals surface area contributed by atoms with E-state index in [1.807, 2.05) is 60.9 Å². The van der Waals surface area contributed by atoms with Gasteiger partial charge in [0, 0.05) is 24.3 Å². The molecule has 4 rings (SSSR count). The van der Waals surface area contributed by atoms with Crippen molar-refractivity contribution < 1.29 is 9.18 Å². The number of nitrogens with one attached hydrogen (secondary N) is 2. The van der Waals surface area contributed by atoms with Gasteiger partial charge in [0.25, 0.3) is 0 Å². The molecule has 2 amide bonds. The summed E-state index contributed by atoms with van der Waals surface area (Å²) >= 11 is 0. The average Bonchev–Trinajstić information content (AvgIpc) is 3.10. The first-order valence-electron chi connectivity index (χ1n) is 9.84. The Morgan fingerprint density at radius 1 is 1.03 bits per heavy atom. The van der Waals surface area contributed by atoms with Crippen LogP contribution in [0.5, 0.6) is 0 Å². The van der Waals surface area contributed by atoms with Crippen LogP contribution in [0, 0.1) is 19.7 Å². The largest absolute Gasteiger partial charge is 0.336 e. The van der Waals surface area contributed by atoms with Crippen LogP contribution in [-0.4, -0.2) is 22.1 Å². The standard InChI is InChI=1S/C24H23FN4O/c1-16-7-8-17(2)21(15-16)28-24(30)26-13-14-29-22-6-4-3-5-20(22)27-23(29)18-9-11-19(25)12-10-18/h3-12,15H,13-14H2,1-2H3,(H2,26,28,30). The highest BCUT2D eigenvalue weighted by Gasteiger charge is 2.13. The second-order valence-corrected chi connectivity index (χ2v) is 7.28. The van der Waals surface area contributed by atoms with Crippen LogP contribution in [-0.2, 0) is 6.54 Å². The van der Waals surface area contributed by atoms with Gasteiger partial charge in [-0.1, -0.05) is 24.3 Å². The van der Waals surface area contributed by atoms with E-state index in [4.69, 9.17) is 4.98 Å². The number of fused-ring (bicyclic) bond motifs is 1. The van der Waals surface area contributed by atoms with Gasteiger partial charge in [-0.05, 0) is 67.4 Å². The van der Waals surface area contributed by atoms with Crippen molar-refractivity contribution in [2.24, 2.45) is 0 Å². The topological polar surface area (TPSA) is 59.0 Å². The quantitative estimate of drug-likeness (QED) is 0.477. The number of amides is 2. The van der Waals surface area contributed by atoms with Crippen LogP contribution in [0.15, 0.2) is 66.7 Å². The highest BCUT2D eigenvalue weighted by molar-refractivity contribution is 5.90. The molecule has 0 aliphatic carbocycles. The summed E-state index contributed by atoms with van der Waals surface area (Å²) in [5.41, 5.74) is 5.55. The van der Waals surface area contributed by atoms with Crippen LogP contribution in [0.25, 0.3) is 22.4 Å². The van der Waals surface area contributed by atoms with Crippen LogP contribution in [0.2, 0.25) is 0 Å². The summed E-state index contributed by atoms with van der Waals surface area (Å²) in [7, 11) is 0. The van der Waals surface area contributed by atoms with Crippen LogP contribution in [0.3, 0.4) is 0 Å². The Balaban J connectivity index is 1.51. The predicted molar refractivity (Wildman–Crippen MR) is 118 cm³/mol. The molecule has 30 heavy (non-hydrogen) atoms. The molecule has 0 saturated carbocycles. The van der Waals surface area contributed by atoms with Crippen molar-refractivity contribution in [2.75, 3.05) is 11.9 Å². The molecule has 0 spiro atoms. The fourth-order valence-corrected chi connectivity index (χ4v) is 3.44. The first-order chi connectivity index (χ1) is 14.5. The first-order valence-corrected chi connectivity index (χ1v) is 9.84. The normalized spacial score (nSPS) is 10.9. The van der Waals surface area contributed by atoms with E-state index >= 15 is 0 Å². The summed E-state index contributed by atoms with van der Waals surface area (Å²) in [6, 6.07) is 19.8. The van der Waals surface area contributed by atoms with Gasteiger partial charge in [-0.3, -0.25) is 0 Å². The van der Waals surface area contributed by atoms with Gasteiger partial charge < -0.3 is 15.2 Å². The van der Waals surface area contributed by atoms with Crippen LogP contribution < -0.4 is 10.6 Å². The van der Waals surface area contributed by atoms with Crippen LogP contribution in [0.1, 0.15) is 11.1 Å². The number of hydrogen-bond acceptors (Lipinski definition) is 2. The molecule has 0 atom stereocenters. The summed E-state index contributed by atoms with van der Waals surface area (Å²) in [6.07, 6.45) is 0. The van der Waals surface area contributed by atoms with E-state index in [2.05, 4.69) is 10.6 Å². The number of para-hydroxylation sites is 2. The average molecular weight is 402 g/mol. The SMILES string of the molecule is Cc1ccc(C)c(NC(=O)NCCn2c(-c3ccc(F)cc3)nc3ccccc32)c1. The number of anilines is 1. The van der Waals surface area contributed by atoms with Gasteiger partial charge in [0.15, 0.2) is 0 Å². The molecule has 1 aromatic heterocycles. The Hall–Kier alpha value is -3.67. The van der Waals surface area contributed by atoms with E-state index in [1.54, 1.807) is 12.1 Å². The second-order valence-electron chi connectivity index (χ2n) is 7.28. The number of nitrogens with zero attached hydrogens (tertiary/aromatic N) is 2. The van der Waals surface area contributed by atoms with E-state index in [9.17, 15) is 9.18 Å². The van der Waals surface area contributed by atoms with Crippen molar-refractivity contribution in [3.63, 3.8) is 0 Å². The third kappa shape index (κ3) is 4.17. The van der Waals surface area contributed by atoms with E-state index in [1.165, 1.54) is 12.1 Å². The molecule has 5 nitrogen and oxygen atoms in total. The van der Waals surface area contributed by atoms with Gasteiger partial charge in [-0.15, -0.1) is 0 Å². The Bertz CT molecular complexity index is 1200. The van der Waals surface area contributed by atoms with Gasteiger partial charge in [-0.25, -0.2) is 14.2 Å². The third-order valence-corrected chi connectivity index (χ3v) is 5.02. The minimum atomic E-state index is -0.286. The van der Waals surface area contributed by atoms with Crippen LogP contribution in [0.4, 0.5) is 14.9 Å². The molecule has 3 aromatic carbocycles. The monoisotopic (exact) mass is 402 g/mol. The predicted octanol–water partition coefficient (Wildman–Crippen LogP) is 5.28. The molecule has 0 unspecified atom stereocenters. The first kappa shape index (κ1) is 19.6. The molecule has 4 aromatic rings. The van der Waals surface area contributed by atoms with Crippen molar-refractivity contribution in [1.29, 1.82) is 0 Å². The second kappa shape index (κ2) is 8.37. The number of benzene rings is 3. The van der Waals surface area contributed by atoms with Gasteiger partial charge in [0.05, 0.1) is 11.0 Å². The summed E-state index contributed by atoms with van der Waals surface area (Å²) < 4.78 is 15.4. The molecular weight excluding hydrogens is 379 g/mol. The fourth-order valence-electron chi connectivity index (χ4n) is 3.44. The van der Waals surface area contributed by atoms with Crippen molar-refractivity contribution in [3.8, 4) is 11.4 Å².